The number of para-hydroxylation sites is 1. The summed E-state index contributed by atoms with van der Waals surface area (Å²) < 4.78 is 1.01. The number of benzene rings is 2. The van der Waals surface area contributed by atoms with Gasteiger partial charge < -0.3 is 9.88 Å². The van der Waals surface area contributed by atoms with Crippen molar-refractivity contribution in [2.75, 3.05) is 6.54 Å². The van der Waals surface area contributed by atoms with Crippen LogP contribution in [0.3, 0.4) is 0 Å². The van der Waals surface area contributed by atoms with Crippen molar-refractivity contribution in [1.82, 2.24) is 9.88 Å². The molecule has 1 aliphatic rings. The van der Waals surface area contributed by atoms with Crippen molar-refractivity contribution in [1.29, 1.82) is 0 Å². The van der Waals surface area contributed by atoms with Crippen molar-refractivity contribution in [3.8, 4) is 0 Å². The van der Waals surface area contributed by atoms with Gasteiger partial charge in [-0.25, -0.2) is 0 Å². The van der Waals surface area contributed by atoms with Crippen LogP contribution in [0, 0.1) is 0 Å². The molecule has 1 amide bonds. The van der Waals surface area contributed by atoms with Crippen LogP contribution in [0.2, 0.25) is 0 Å². The minimum Gasteiger partial charge on any atom is -0.357 e. The zero-order valence-electron chi connectivity index (χ0n) is 12.7. The lowest BCUT2D eigenvalue weighted by Gasteiger charge is -2.27. The lowest BCUT2D eigenvalue weighted by Crippen LogP contribution is -2.36. The van der Waals surface area contributed by atoms with Crippen LogP contribution in [0.1, 0.15) is 16.8 Å². The molecule has 0 unspecified atom stereocenters. The van der Waals surface area contributed by atoms with Crippen LogP contribution < -0.4 is 0 Å². The van der Waals surface area contributed by atoms with Crippen LogP contribution in [0.25, 0.3) is 10.9 Å². The number of fused-ring (bicyclic) bond motifs is 3. The van der Waals surface area contributed by atoms with E-state index in [1.54, 1.807) is 0 Å². The molecule has 3 nitrogen and oxygen atoms in total. The fourth-order valence-electron chi connectivity index (χ4n) is 3.34. The Morgan fingerprint density at radius 2 is 2.04 bits per heavy atom. The molecule has 2 aromatic carbocycles. The first-order valence-corrected chi connectivity index (χ1v) is 8.61. The third-order valence-corrected chi connectivity index (χ3v) is 4.97. The molecule has 0 fully saturated rings. The van der Waals surface area contributed by atoms with Gasteiger partial charge in [-0.15, -0.1) is 0 Å². The molecule has 116 valence electrons. The zero-order valence-corrected chi connectivity index (χ0v) is 14.3. The molecule has 0 saturated carbocycles. The summed E-state index contributed by atoms with van der Waals surface area (Å²) in [5, 5.41) is 1.29. The molecule has 4 rings (SSSR count). The minimum atomic E-state index is 0.187. The fourth-order valence-corrected chi connectivity index (χ4v) is 3.79. The summed E-state index contributed by atoms with van der Waals surface area (Å²) >= 11 is 3.46. The number of H-pyrrole nitrogens is 1. The molecular formula is C19H17BrN2O. The number of hydrogen-bond acceptors (Lipinski definition) is 1. The highest BCUT2D eigenvalue weighted by molar-refractivity contribution is 9.10. The maximum absolute atomic E-state index is 12.6. The van der Waals surface area contributed by atoms with E-state index in [-0.39, 0.29) is 5.91 Å². The van der Waals surface area contributed by atoms with Crippen molar-refractivity contribution in [2.45, 2.75) is 19.4 Å². The van der Waals surface area contributed by atoms with E-state index in [1.807, 2.05) is 35.2 Å². The molecule has 0 spiro atoms. The smallest absolute Gasteiger partial charge is 0.227 e. The summed E-state index contributed by atoms with van der Waals surface area (Å²) in [6, 6.07) is 16.3. The van der Waals surface area contributed by atoms with Crippen LogP contribution in [0.4, 0.5) is 0 Å². The number of hydrogen-bond donors (Lipinski definition) is 1. The van der Waals surface area contributed by atoms with Crippen molar-refractivity contribution in [3.63, 3.8) is 0 Å². The first-order valence-electron chi connectivity index (χ1n) is 7.81. The number of nitrogens with zero attached hydrogens (tertiary/aromatic N) is 1. The summed E-state index contributed by atoms with van der Waals surface area (Å²) in [5.41, 5.74) is 4.76. The number of aromatic amines is 1. The lowest BCUT2D eigenvalue weighted by molar-refractivity contribution is -0.131. The quantitative estimate of drug-likeness (QED) is 0.727. The monoisotopic (exact) mass is 368 g/mol. The third kappa shape index (κ3) is 2.79. The number of rotatable bonds is 2. The topological polar surface area (TPSA) is 36.1 Å². The number of carbonyl (C=O) groups excluding carboxylic acids is 1. The lowest BCUT2D eigenvalue weighted by atomic mass is 10.0. The molecule has 2 heterocycles. The predicted molar refractivity (Wildman–Crippen MR) is 95.3 cm³/mol. The summed E-state index contributed by atoms with van der Waals surface area (Å²) in [7, 11) is 0. The number of halogens is 1. The SMILES string of the molecule is O=C(Cc1cccc(Br)c1)N1CCc2c([nH]c3ccccc23)C1. The van der Waals surface area contributed by atoms with Gasteiger partial charge in [0.2, 0.25) is 5.91 Å². The second-order valence-corrected chi connectivity index (χ2v) is 6.92. The molecule has 1 aliphatic heterocycles. The Kier molecular flexibility index (Phi) is 3.69. The Labute approximate surface area is 143 Å². The first-order chi connectivity index (χ1) is 11.2. The van der Waals surface area contributed by atoms with Crippen LogP contribution in [0.15, 0.2) is 53.0 Å². The van der Waals surface area contributed by atoms with Crippen LogP contribution >= 0.6 is 15.9 Å². The summed E-state index contributed by atoms with van der Waals surface area (Å²) in [4.78, 5) is 18.0. The van der Waals surface area contributed by atoms with Gasteiger partial charge in [-0.2, -0.15) is 0 Å². The highest BCUT2D eigenvalue weighted by Crippen LogP contribution is 2.27. The summed E-state index contributed by atoms with van der Waals surface area (Å²) in [6.45, 7) is 1.47. The first kappa shape index (κ1) is 14.5. The molecule has 0 radical (unpaired) electrons. The zero-order chi connectivity index (χ0) is 15.8. The largest absolute Gasteiger partial charge is 0.357 e. The average Bonchev–Trinajstić information content (AvgIpc) is 2.92. The standard InChI is InChI=1S/C19H17BrN2O/c20-14-5-3-4-13(10-14)11-19(23)22-9-8-16-15-6-1-2-7-17(15)21-18(16)12-22/h1-7,10,21H,8-9,11-12H2. The molecular weight excluding hydrogens is 352 g/mol. The summed E-state index contributed by atoms with van der Waals surface area (Å²) in [5.74, 6) is 0.187. The van der Waals surface area contributed by atoms with E-state index >= 15 is 0 Å². The number of aromatic nitrogens is 1. The number of carbonyl (C=O) groups is 1. The minimum absolute atomic E-state index is 0.187. The molecule has 0 aliphatic carbocycles. The van der Waals surface area contributed by atoms with Crippen LogP contribution in [-0.2, 0) is 24.2 Å². The fraction of sp³-hybridized carbons (Fsp3) is 0.211. The van der Waals surface area contributed by atoms with Gasteiger partial charge in [-0.05, 0) is 35.7 Å². The Morgan fingerprint density at radius 3 is 2.91 bits per heavy atom. The Balaban J connectivity index is 1.54. The van der Waals surface area contributed by atoms with Crippen molar-refractivity contribution in [3.05, 3.63) is 69.8 Å². The van der Waals surface area contributed by atoms with Gasteiger partial charge in [0.15, 0.2) is 0 Å². The summed E-state index contributed by atoms with van der Waals surface area (Å²) in [6.07, 6.45) is 1.37. The Morgan fingerprint density at radius 1 is 1.17 bits per heavy atom. The van der Waals surface area contributed by atoms with Gasteiger partial charge in [0.25, 0.3) is 0 Å². The van der Waals surface area contributed by atoms with Crippen molar-refractivity contribution in [2.24, 2.45) is 0 Å². The Hall–Kier alpha value is -2.07. The maximum Gasteiger partial charge on any atom is 0.227 e. The van der Waals surface area contributed by atoms with E-state index < -0.39 is 0 Å². The van der Waals surface area contributed by atoms with Gasteiger partial charge in [-0.1, -0.05) is 46.3 Å². The van der Waals surface area contributed by atoms with Crippen molar-refractivity contribution < 1.29 is 4.79 Å². The van der Waals surface area contributed by atoms with Gasteiger partial charge in [0, 0.05) is 27.6 Å². The maximum atomic E-state index is 12.6. The molecule has 3 aromatic rings. The Bertz CT molecular complexity index is 884. The molecule has 4 heteroatoms. The molecule has 1 aromatic heterocycles. The number of nitrogens with one attached hydrogen (secondary N) is 1. The third-order valence-electron chi connectivity index (χ3n) is 4.48. The highest BCUT2D eigenvalue weighted by Gasteiger charge is 2.23. The molecule has 23 heavy (non-hydrogen) atoms. The highest BCUT2D eigenvalue weighted by atomic mass is 79.9. The second-order valence-electron chi connectivity index (χ2n) is 6.00. The van der Waals surface area contributed by atoms with Crippen molar-refractivity contribution >= 4 is 32.7 Å². The molecule has 0 bridgehead atoms. The van der Waals surface area contributed by atoms with E-state index in [0.717, 1.165) is 23.0 Å². The average molecular weight is 369 g/mol. The molecule has 1 N–H and O–H groups in total. The van der Waals surface area contributed by atoms with Gasteiger partial charge in [0.1, 0.15) is 0 Å². The normalized spacial score (nSPS) is 14.0. The van der Waals surface area contributed by atoms with E-state index in [0.29, 0.717) is 13.0 Å². The van der Waals surface area contributed by atoms with Crippen LogP contribution in [0.5, 0.6) is 0 Å². The van der Waals surface area contributed by atoms with Gasteiger partial charge in [-0.3, -0.25) is 4.79 Å². The predicted octanol–water partition coefficient (Wildman–Crippen LogP) is 4.06. The number of amides is 1. The van der Waals surface area contributed by atoms with Gasteiger partial charge in [0.05, 0.1) is 13.0 Å². The van der Waals surface area contributed by atoms with Gasteiger partial charge >= 0.3 is 0 Å². The van der Waals surface area contributed by atoms with E-state index in [9.17, 15) is 4.79 Å². The second kappa shape index (κ2) is 5.85. The van der Waals surface area contributed by atoms with E-state index in [4.69, 9.17) is 0 Å². The van der Waals surface area contributed by atoms with Crippen LogP contribution in [-0.4, -0.2) is 22.3 Å². The molecule has 0 atom stereocenters. The molecule has 0 saturated heterocycles. The van der Waals surface area contributed by atoms with E-state index in [1.165, 1.54) is 22.2 Å². The van der Waals surface area contributed by atoms with E-state index in [2.05, 4.69) is 39.1 Å².